The zero-order chi connectivity index (χ0) is 28.0. The van der Waals surface area contributed by atoms with Crippen molar-refractivity contribution in [3.63, 3.8) is 0 Å². The van der Waals surface area contributed by atoms with Crippen molar-refractivity contribution in [1.29, 1.82) is 0 Å². The molecule has 2 amide bonds. The number of pyridine rings is 1. The van der Waals surface area contributed by atoms with Gasteiger partial charge in [0.05, 0.1) is 29.3 Å². The molecule has 2 heterocycles. The first-order valence-corrected chi connectivity index (χ1v) is 10.4. The maximum atomic E-state index is 13.3. The molecule has 4 N–H and O–H groups in total. The van der Waals surface area contributed by atoms with Gasteiger partial charge in [-0.3, -0.25) is 14.3 Å². The van der Waals surface area contributed by atoms with Gasteiger partial charge in [-0.2, -0.15) is 18.3 Å². The van der Waals surface area contributed by atoms with E-state index in [1.165, 1.54) is 23.9 Å². The van der Waals surface area contributed by atoms with Crippen LogP contribution in [0.15, 0.2) is 24.4 Å². The average molecular weight is 495 g/mol. The molecule has 0 bridgehead atoms. The van der Waals surface area contributed by atoms with Crippen LogP contribution in [0, 0.1) is 5.92 Å². The molecule has 35 heavy (non-hydrogen) atoms. The first kappa shape index (κ1) is 20.5. The zero-order valence-electron chi connectivity index (χ0n) is 21.5. The number of aromatic nitrogens is 3. The molecule has 0 saturated heterocycles. The zero-order valence-corrected chi connectivity index (χ0v) is 18.5. The fourth-order valence-electron chi connectivity index (χ4n) is 3.62. The second-order valence-electron chi connectivity index (χ2n) is 7.96. The van der Waals surface area contributed by atoms with Crippen LogP contribution in [-0.4, -0.2) is 51.9 Å². The van der Waals surface area contributed by atoms with Crippen LogP contribution in [0.3, 0.4) is 0 Å². The summed E-state index contributed by atoms with van der Waals surface area (Å²) in [5.74, 6) is -1.79. The Kier molecular flexibility index (Phi) is 5.30. The van der Waals surface area contributed by atoms with Gasteiger partial charge in [-0.05, 0) is 18.9 Å². The van der Waals surface area contributed by atoms with Crippen molar-refractivity contribution < 1.29 is 36.7 Å². The molecule has 0 spiro atoms. The van der Waals surface area contributed by atoms with E-state index in [0.29, 0.717) is 5.52 Å². The van der Waals surface area contributed by atoms with Crippen molar-refractivity contribution in [1.82, 2.24) is 20.1 Å². The number of ether oxygens (including phenoxy) is 1. The highest BCUT2D eigenvalue weighted by Gasteiger charge is 2.41. The van der Waals surface area contributed by atoms with Crippen molar-refractivity contribution in [2.24, 2.45) is 13.0 Å². The fraction of sp³-hybridized carbons (Fsp3) is 0.364. The number of anilines is 3. The molecule has 3 aromatic rings. The summed E-state index contributed by atoms with van der Waals surface area (Å²) >= 11 is 0. The molecule has 1 atom stereocenters. The minimum Gasteiger partial charge on any atom is -0.496 e. The van der Waals surface area contributed by atoms with Crippen molar-refractivity contribution >= 4 is 40.0 Å². The van der Waals surface area contributed by atoms with Crippen molar-refractivity contribution in [2.75, 3.05) is 24.7 Å². The Balaban J connectivity index is 1.82. The lowest BCUT2D eigenvalue weighted by atomic mass is 10.0. The summed E-state index contributed by atoms with van der Waals surface area (Å²) in [7, 11) is 2.65. The number of rotatable bonds is 7. The minimum absolute atomic E-state index is 0.0447. The van der Waals surface area contributed by atoms with Gasteiger partial charge in [-0.25, -0.2) is 4.98 Å². The highest BCUT2D eigenvalue weighted by Crippen LogP contribution is 2.43. The number of alkyl halides is 3. The van der Waals surface area contributed by atoms with Crippen LogP contribution < -0.4 is 20.7 Å². The van der Waals surface area contributed by atoms with Crippen LogP contribution in [0.2, 0.25) is 0 Å². The number of nitrogens with zero attached hydrogens (tertiary/aromatic N) is 3. The molecule has 10 nitrogen and oxygen atoms in total. The number of nitrogens with one attached hydrogen (secondary N) is 3. The minimum atomic E-state index is -4.98. The fourth-order valence-corrected chi connectivity index (χ4v) is 3.62. The Morgan fingerprint density at radius 3 is 2.71 bits per heavy atom. The highest BCUT2D eigenvalue weighted by molar-refractivity contribution is 6.04. The lowest BCUT2D eigenvalue weighted by Gasteiger charge is -2.18. The Labute approximate surface area is 201 Å². The predicted molar refractivity (Wildman–Crippen MR) is 121 cm³/mol. The van der Waals surface area contributed by atoms with Gasteiger partial charge in [0.25, 0.3) is 5.91 Å². The van der Waals surface area contributed by atoms with Crippen LogP contribution in [-0.2, 0) is 11.8 Å². The predicted octanol–water partition coefficient (Wildman–Crippen LogP) is 3.02. The van der Waals surface area contributed by atoms with E-state index in [1.54, 1.807) is 0 Å². The Bertz CT molecular complexity index is 1410. The van der Waals surface area contributed by atoms with Crippen molar-refractivity contribution in [2.45, 2.75) is 25.1 Å². The van der Waals surface area contributed by atoms with Crippen LogP contribution in [0.25, 0.3) is 10.9 Å². The molecule has 0 aliphatic heterocycles. The molecule has 13 heteroatoms. The van der Waals surface area contributed by atoms with E-state index in [1.807, 2.05) is 5.32 Å². The molecule has 186 valence electrons. The summed E-state index contributed by atoms with van der Waals surface area (Å²) in [6.07, 6.45) is -5.32. The SMILES string of the molecule is [2H]C([2H])([2H])NC(=O)c1cnc(NC(=O)C2CC2)cc1Nc1nn(C)c2ccc([C@H](O)C(F)(F)F)c(OC)c12. The van der Waals surface area contributed by atoms with E-state index >= 15 is 0 Å². The third-order valence-electron chi connectivity index (χ3n) is 5.52. The van der Waals surface area contributed by atoms with Gasteiger partial charge in [-0.15, -0.1) is 0 Å². The largest absolute Gasteiger partial charge is 0.496 e. The quantitative estimate of drug-likeness (QED) is 0.396. The number of benzene rings is 1. The van der Waals surface area contributed by atoms with Gasteiger partial charge in [-0.1, -0.05) is 6.07 Å². The summed E-state index contributed by atoms with van der Waals surface area (Å²) < 4.78 is 68.5. The van der Waals surface area contributed by atoms with Crippen LogP contribution in [0.4, 0.5) is 30.5 Å². The molecule has 0 unspecified atom stereocenters. The first-order valence-electron chi connectivity index (χ1n) is 11.9. The normalized spacial score (nSPS) is 16.1. The third-order valence-corrected chi connectivity index (χ3v) is 5.52. The standard InChI is InChI=1S/C22H23F3N6O4/c1-26-21(34)12-9-27-15(29-20(33)10-4-5-10)8-13(12)28-19-16-14(31(2)30-19)7-6-11(17(16)35-3)18(32)22(23,24)25/h6-10,18,32H,4-5H2,1-3H3,(H,26,34)(H2,27,28,29,30,33)/t18-/m0/s1/i1D3. The summed E-state index contributed by atoms with van der Waals surface area (Å²) in [6, 6.07) is 3.66. The number of methoxy groups -OCH3 is 1. The summed E-state index contributed by atoms with van der Waals surface area (Å²) in [6.45, 7) is -2.82. The third kappa shape index (κ3) is 4.71. The van der Waals surface area contributed by atoms with E-state index in [4.69, 9.17) is 8.85 Å². The van der Waals surface area contributed by atoms with Crippen LogP contribution in [0.5, 0.6) is 5.75 Å². The van der Waals surface area contributed by atoms with E-state index in [-0.39, 0.29) is 45.8 Å². The molecule has 1 saturated carbocycles. The van der Waals surface area contributed by atoms with E-state index in [9.17, 15) is 27.9 Å². The summed E-state index contributed by atoms with van der Waals surface area (Å²) in [5, 5.41) is 21.5. The second-order valence-corrected chi connectivity index (χ2v) is 7.96. The number of halogens is 3. The Morgan fingerprint density at radius 1 is 1.34 bits per heavy atom. The Morgan fingerprint density at radius 2 is 2.09 bits per heavy atom. The smallest absolute Gasteiger partial charge is 0.418 e. The van der Waals surface area contributed by atoms with E-state index < -0.39 is 30.7 Å². The van der Waals surface area contributed by atoms with Gasteiger partial charge < -0.3 is 25.8 Å². The van der Waals surface area contributed by atoms with Gasteiger partial charge in [0.1, 0.15) is 11.6 Å². The number of carbonyl (C=O) groups is 2. The maximum absolute atomic E-state index is 13.3. The number of hydrogen-bond donors (Lipinski definition) is 4. The van der Waals surface area contributed by atoms with Crippen LogP contribution >= 0.6 is 0 Å². The molecule has 0 radical (unpaired) electrons. The van der Waals surface area contributed by atoms with Crippen molar-refractivity contribution in [3.05, 3.63) is 35.5 Å². The van der Waals surface area contributed by atoms with E-state index in [0.717, 1.165) is 32.2 Å². The molecule has 2 aromatic heterocycles. The van der Waals surface area contributed by atoms with E-state index in [2.05, 4.69) is 20.7 Å². The molecule has 1 aliphatic rings. The first-order chi connectivity index (χ1) is 17.7. The van der Waals surface area contributed by atoms with Gasteiger partial charge in [0, 0.05) is 41.9 Å². The maximum Gasteiger partial charge on any atom is 0.418 e. The lowest BCUT2D eigenvalue weighted by Crippen LogP contribution is -2.21. The number of aryl methyl sites for hydroxylation is 1. The topological polar surface area (TPSA) is 130 Å². The monoisotopic (exact) mass is 495 g/mol. The molecular weight excluding hydrogens is 469 g/mol. The van der Waals surface area contributed by atoms with Gasteiger partial charge in [0.15, 0.2) is 11.9 Å². The van der Waals surface area contributed by atoms with Crippen molar-refractivity contribution in [3.8, 4) is 5.75 Å². The lowest BCUT2D eigenvalue weighted by molar-refractivity contribution is -0.207. The molecule has 1 aromatic carbocycles. The number of aliphatic hydroxyl groups is 1. The summed E-state index contributed by atoms with van der Waals surface area (Å²) in [5.41, 5.74) is -0.519. The number of carbonyl (C=O) groups excluding carboxylic acids is 2. The number of aliphatic hydroxyl groups excluding tert-OH is 1. The number of amides is 2. The number of hydrogen-bond acceptors (Lipinski definition) is 7. The highest BCUT2D eigenvalue weighted by atomic mass is 19.4. The number of fused-ring (bicyclic) bond motifs is 1. The van der Waals surface area contributed by atoms with Gasteiger partial charge >= 0.3 is 6.18 Å². The van der Waals surface area contributed by atoms with Crippen LogP contribution in [0.1, 0.15) is 39.0 Å². The van der Waals surface area contributed by atoms with Gasteiger partial charge in [0.2, 0.25) is 5.91 Å². The molecule has 1 aliphatic carbocycles. The Hall–Kier alpha value is -3.87. The molecule has 1 fully saturated rings. The molecule has 4 rings (SSSR count). The average Bonchev–Trinajstić information content (AvgIpc) is 3.61. The molecular formula is C22H23F3N6O4. The second kappa shape index (κ2) is 9.06. The summed E-state index contributed by atoms with van der Waals surface area (Å²) in [4.78, 5) is 29.0.